The molecule has 2 nitrogen and oxygen atoms in total. The van der Waals surface area contributed by atoms with Crippen LogP contribution in [-0.4, -0.2) is 9.97 Å². The lowest BCUT2D eigenvalue weighted by molar-refractivity contribution is 1.24. The second-order valence-corrected chi connectivity index (χ2v) is 14.8. The number of aromatic nitrogens is 2. The van der Waals surface area contributed by atoms with Gasteiger partial charge in [-0.3, -0.25) is 0 Å². The molecule has 0 aliphatic rings. The summed E-state index contributed by atoms with van der Waals surface area (Å²) >= 11 is 1.73. The van der Waals surface area contributed by atoms with E-state index in [1.54, 1.807) is 11.3 Å². The second-order valence-electron chi connectivity index (χ2n) is 13.8. The molecule has 2 aromatic heterocycles. The average molecular weight is 719 g/mol. The summed E-state index contributed by atoms with van der Waals surface area (Å²) in [7, 11) is 0. The van der Waals surface area contributed by atoms with Gasteiger partial charge in [-0.1, -0.05) is 164 Å². The van der Waals surface area contributed by atoms with Crippen molar-refractivity contribution >= 4 is 31.6 Å². The van der Waals surface area contributed by atoms with Crippen molar-refractivity contribution in [1.82, 2.24) is 9.97 Å². The third kappa shape index (κ3) is 6.41. The molecule has 0 atom stereocenters. The normalized spacial score (nSPS) is 11.3. The summed E-state index contributed by atoms with van der Waals surface area (Å²) in [6.07, 6.45) is 0. The maximum Gasteiger partial charge on any atom is 0.161 e. The van der Waals surface area contributed by atoms with Crippen molar-refractivity contribution < 1.29 is 0 Å². The van der Waals surface area contributed by atoms with Crippen LogP contribution < -0.4 is 0 Å². The molecule has 0 saturated carbocycles. The zero-order chi connectivity index (χ0) is 36.6. The van der Waals surface area contributed by atoms with Crippen LogP contribution in [0.3, 0.4) is 0 Å². The van der Waals surface area contributed by atoms with Gasteiger partial charge >= 0.3 is 0 Å². The summed E-state index contributed by atoms with van der Waals surface area (Å²) in [5.41, 5.74) is 14.8. The molecule has 0 aliphatic heterocycles. The molecule has 0 N–H and O–H groups in total. The van der Waals surface area contributed by atoms with Gasteiger partial charge in [0.2, 0.25) is 0 Å². The molecule has 2 heterocycles. The van der Waals surface area contributed by atoms with E-state index in [4.69, 9.17) is 9.97 Å². The zero-order valence-corrected chi connectivity index (χ0v) is 30.7. The SMILES string of the molecule is c1ccc(-c2cc(-c3ccccc3)cc(-c3cccc(-c4cccc(-c5nc(-c6cccc(-c7ccccc7)c6)nc6sc7ccccc7c56)c4)c3)c2)cc1. The Morgan fingerprint density at radius 3 is 1.27 bits per heavy atom. The quantitative estimate of drug-likeness (QED) is 0.164. The monoisotopic (exact) mass is 718 g/mol. The largest absolute Gasteiger partial charge is 0.227 e. The molecule has 258 valence electrons. The Hall–Kier alpha value is -6.94. The smallest absolute Gasteiger partial charge is 0.161 e. The molecule has 0 unspecified atom stereocenters. The van der Waals surface area contributed by atoms with Gasteiger partial charge in [0, 0.05) is 26.6 Å². The highest BCUT2D eigenvalue weighted by atomic mass is 32.1. The summed E-state index contributed by atoms with van der Waals surface area (Å²) in [6.45, 7) is 0. The summed E-state index contributed by atoms with van der Waals surface area (Å²) in [4.78, 5) is 11.6. The Balaban J connectivity index is 1.09. The van der Waals surface area contributed by atoms with Gasteiger partial charge in [0.25, 0.3) is 0 Å². The minimum atomic E-state index is 0.728. The maximum absolute atomic E-state index is 5.37. The molecule has 10 aromatic rings. The summed E-state index contributed by atoms with van der Waals surface area (Å²) < 4.78 is 1.21. The number of thiophene rings is 1. The first-order valence-electron chi connectivity index (χ1n) is 18.6. The van der Waals surface area contributed by atoms with Crippen molar-refractivity contribution in [3.63, 3.8) is 0 Å². The Bertz CT molecular complexity index is 2910. The van der Waals surface area contributed by atoms with Crippen LogP contribution in [-0.2, 0) is 0 Å². The average Bonchev–Trinajstić information content (AvgIpc) is 3.66. The lowest BCUT2D eigenvalue weighted by atomic mass is 9.92. The topological polar surface area (TPSA) is 25.8 Å². The maximum atomic E-state index is 5.37. The van der Waals surface area contributed by atoms with Gasteiger partial charge in [0.15, 0.2) is 5.82 Å². The zero-order valence-electron chi connectivity index (χ0n) is 29.9. The molecule has 0 fully saturated rings. The van der Waals surface area contributed by atoms with Crippen molar-refractivity contribution in [2.24, 2.45) is 0 Å². The van der Waals surface area contributed by atoms with Gasteiger partial charge < -0.3 is 0 Å². The molecule has 0 spiro atoms. The van der Waals surface area contributed by atoms with Gasteiger partial charge in [-0.2, -0.15) is 0 Å². The predicted octanol–water partition coefficient (Wildman–Crippen LogP) is 14.5. The predicted molar refractivity (Wildman–Crippen MR) is 233 cm³/mol. The molecular formula is C52H34N2S. The Morgan fingerprint density at radius 1 is 0.291 bits per heavy atom. The first-order chi connectivity index (χ1) is 27.2. The Morgan fingerprint density at radius 2 is 0.673 bits per heavy atom. The minimum absolute atomic E-state index is 0.728. The van der Waals surface area contributed by atoms with Crippen LogP contribution in [0, 0.1) is 0 Å². The lowest BCUT2D eigenvalue weighted by Gasteiger charge is -2.13. The van der Waals surface area contributed by atoms with Crippen molar-refractivity contribution in [2.45, 2.75) is 0 Å². The van der Waals surface area contributed by atoms with Crippen molar-refractivity contribution in [1.29, 1.82) is 0 Å². The van der Waals surface area contributed by atoms with Crippen LogP contribution >= 0.6 is 11.3 Å². The van der Waals surface area contributed by atoms with Crippen LogP contribution in [0.1, 0.15) is 0 Å². The highest BCUT2D eigenvalue weighted by Gasteiger charge is 2.18. The molecule has 55 heavy (non-hydrogen) atoms. The van der Waals surface area contributed by atoms with Crippen molar-refractivity contribution in [3.05, 3.63) is 206 Å². The van der Waals surface area contributed by atoms with Gasteiger partial charge in [-0.15, -0.1) is 11.3 Å². The lowest BCUT2D eigenvalue weighted by Crippen LogP contribution is -1.94. The number of hydrogen-bond donors (Lipinski definition) is 0. The highest BCUT2D eigenvalue weighted by molar-refractivity contribution is 7.25. The van der Waals surface area contributed by atoms with Crippen LogP contribution in [0.5, 0.6) is 0 Å². The first-order valence-corrected chi connectivity index (χ1v) is 19.4. The Kier molecular flexibility index (Phi) is 8.40. The number of benzene rings is 8. The van der Waals surface area contributed by atoms with Gasteiger partial charge in [-0.25, -0.2) is 9.97 Å². The number of hydrogen-bond acceptors (Lipinski definition) is 3. The second kappa shape index (κ2) is 14.1. The molecule has 0 saturated heterocycles. The number of fused-ring (bicyclic) bond motifs is 3. The summed E-state index contributed by atoms with van der Waals surface area (Å²) in [5.74, 6) is 0.728. The fraction of sp³-hybridized carbons (Fsp3) is 0. The molecule has 3 heteroatoms. The van der Waals surface area contributed by atoms with Gasteiger partial charge in [0.05, 0.1) is 5.69 Å². The van der Waals surface area contributed by atoms with E-state index in [-0.39, 0.29) is 0 Å². The van der Waals surface area contributed by atoms with E-state index in [2.05, 4.69) is 200 Å². The van der Waals surface area contributed by atoms with Crippen LogP contribution in [0.4, 0.5) is 0 Å². The van der Waals surface area contributed by atoms with E-state index in [9.17, 15) is 0 Å². The summed E-state index contributed by atoms with van der Waals surface area (Å²) in [5, 5.41) is 2.28. The molecule has 0 amide bonds. The number of nitrogens with zero attached hydrogens (tertiary/aromatic N) is 2. The van der Waals surface area contributed by atoms with Gasteiger partial charge in [0.1, 0.15) is 4.83 Å². The molecule has 0 radical (unpaired) electrons. The van der Waals surface area contributed by atoms with Crippen molar-refractivity contribution in [3.8, 4) is 78.3 Å². The molecule has 10 rings (SSSR count). The van der Waals surface area contributed by atoms with Crippen LogP contribution in [0.2, 0.25) is 0 Å². The van der Waals surface area contributed by atoms with E-state index in [0.29, 0.717) is 0 Å². The molecule has 0 aliphatic carbocycles. The fourth-order valence-electron chi connectivity index (χ4n) is 7.54. The van der Waals surface area contributed by atoms with E-state index < -0.39 is 0 Å². The highest BCUT2D eigenvalue weighted by Crippen LogP contribution is 2.41. The van der Waals surface area contributed by atoms with E-state index in [1.165, 1.54) is 49.0 Å². The van der Waals surface area contributed by atoms with E-state index in [1.807, 2.05) is 6.07 Å². The minimum Gasteiger partial charge on any atom is -0.227 e. The third-order valence-electron chi connectivity index (χ3n) is 10.3. The standard InChI is InChI=1S/C52H34N2S/c1-4-15-35(16-5-1)38-21-14-26-43(31-38)51-53-50(49-47-27-10-11-28-48(47)55-52(49)54-51)42-25-13-23-40(30-42)39-22-12-24-41(29-39)46-33-44(36-17-6-2-7-18-36)32-45(34-46)37-19-8-3-9-20-37/h1-34H. The van der Waals surface area contributed by atoms with Crippen LogP contribution in [0.25, 0.3) is 98.6 Å². The third-order valence-corrected chi connectivity index (χ3v) is 11.3. The molecular weight excluding hydrogens is 685 g/mol. The first kappa shape index (κ1) is 32.7. The van der Waals surface area contributed by atoms with Crippen LogP contribution in [0.15, 0.2) is 206 Å². The molecule has 8 aromatic carbocycles. The van der Waals surface area contributed by atoms with Gasteiger partial charge in [-0.05, 0) is 98.1 Å². The molecule has 0 bridgehead atoms. The van der Waals surface area contributed by atoms with Crippen molar-refractivity contribution in [2.75, 3.05) is 0 Å². The summed E-state index contributed by atoms with van der Waals surface area (Å²) in [6, 6.07) is 73.5. The van der Waals surface area contributed by atoms with E-state index in [0.717, 1.165) is 49.6 Å². The van der Waals surface area contributed by atoms with E-state index >= 15 is 0 Å². The fourth-order valence-corrected chi connectivity index (χ4v) is 8.62. The number of rotatable bonds is 7. The Labute approximate surface area is 324 Å².